The Bertz CT molecular complexity index is 885. The number of carbonyl (C=O) groups is 1. The summed E-state index contributed by atoms with van der Waals surface area (Å²) in [6, 6.07) is 15.2. The molecule has 6 nitrogen and oxygen atoms in total. The maximum atomic E-state index is 12.6. The summed E-state index contributed by atoms with van der Waals surface area (Å²) in [6.07, 6.45) is 0. The largest absolute Gasteiger partial charge is 0.492 e. The summed E-state index contributed by atoms with van der Waals surface area (Å²) in [5.41, 5.74) is 3.59. The van der Waals surface area contributed by atoms with Crippen LogP contribution in [0.1, 0.15) is 28.7 Å². The van der Waals surface area contributed by atoms with Crippen LogP contribution in [0.25, 0.3) is 5.69 Å². The van der Waals surface area contributed by atoms with Crippen molar-refractivity contribution in [2.75, 3.05) is 11.9 Å². The number of amides is 1. The normalized spacial score (nSPS) is 10.5. The Kier molecular flexibility index (Phi) is 4.79. The Morgan fingerprint density at radius 3 is 2.56 bits per heavy atom. The Labute approximate surface area is 146 Å². The molecule has 2 aromatic carbocycles. The second kappa shape index (κ2) is 7.17. The molecule has 3 rings (SSSR count). The van der Waals surface area contributed by atoms with Crippen LogP contribution in [-0.2, 0) is 0 Å². The zero-order valence-electron chi connectivity index (χ0n) is 14.5. The van der Waals surface area contributed by atoms with E-state index in [9.17, 15) is 4.79 Å². The zero-order valence-corrected chi connectivity index (χ0v) is 14.5. The van der Waals surface area contributed by atoms with Crippen LogP contribution in [0.3, 0.4) is 0 Å². The molecule has 1 amide bonds. The van der Waals surface area contributed by atoms with E-state index in [0.29, 0.717) is 23.7 Å². The van der Waals surface area contributed by atoms with E-state index in [-0.39, 0.29) is 11.6 Å². The van der Waals surface area contributed by atoms with Crippen LogP contribution in [0.5, 0.6) is 5.75 Å². The fraction of sp³-hybridized carbons (Fsp3) is 0.211. The van der Waals surface area contributed by atoms with Gasteiger partial charge in [-0.05, 0) is 45.0 Å². The summed E-state index contributed by atoms with van der Waals surface area (Å²) in [7, 11) is 0. The highest BCUT2D eigenvalue weighted by Gasteiger charge is 2.18. The second-order valence-corrected chi connectivity index (χ2v) is 5.65. The molecule has 0 aliphatic carbocycles. The first-order valence-corrected chi connectivity index (χ1v) is 8.12. The van der Waals surface area contributed by atoms with Gasteiger partial charge >= 0.3 is 0 Å². The van der Waals surface area contributed by atoms with Gasteiger partial charge in [0.1, 0.15) is 5.75 Å². The molecule has 1 aromatic heterocycles. The molecule has 0 saturated heterocycles. The molecule has 1 heterocycles. The van der Waals surface area contributed by atoms with E-state index in [2.05, 4.69) is 15.6 Å². The first-order chi connectivity index (χ1) is 12.1. The van der Waals surface area contributed by atoms with Crippen LogP contribution >= 0.6 is 0 Å². The van der Waals surface area contributed by atoms with Crippen LogP contribution in [-0.4, -0.2) is 27.5 Å². The van der Waals surface area contributed by atoms with E-state index in [4.69, 9.17) is 4.74 Å². The third kappa shape index (κ3) is 3.52. The van der Waals surface area contributed by atoms with Crippen LogP contribution in [0, 0.1) is 13.8 Å². The number of aromatic nitrogens is 3. The predicted molar refractivity (Wildman–Crippen MR) is 96.4 cm³/mol. The number of anilines is 1. The van der Waals surface area contributed by atoms with Crippen LogP contribution in [0.15, 0.2) is 48.5 Å². The summed E-state index contributed by atoms with van der Waals surface area (Å²) >= 11 is 0. The van der Waals surface area contributed by atoms with E-state index in [1.807, 2.05) is 63.2 Å². The Hall–Kier alpha value is -3.15. The first-order valence-electron chi connectivity index (χ1n) is 8.12. The van der Waals surface area contributed by atoms with Gasteiger partial charge in [0.2, 0.25) is 0 Å². The molecule has 0 bridgehead atoms. The lowest BCUT2D eigenvalue weighted by Crippen LogP contribution is -2.15. The molecule has 6 heteroatoms. The van der Waals surface area contributed by atoms with Crippen LogP contribution in [0.2, 0.25) is 0 Å². The number of para-hydroxylation sites is 2. The molecular weight excluding hydrogens is 316 g/mol. The average Bonchev–Trinajstić information content (AvgIpc) is 2.99. The van der Waals surface area contributed by atoms with E-state index in [1.165, 1.54) is 0 Å². The summed E-state index contributed by atoms with van der Waals surface area (Å²) in [4.78, 5) is 12.6. The molecular formula is C19H20N4O2. The SMILES string of the molecule is CCOc1ccccc1NC(=O)c1nnn(-c2ccc(C)cc2)c1C. The smallest absolute Gasteiger partial charge is 0.278 e. The molecule has 25 heavy (non-hydrogen) atoms. The number of nitrogens with one attached hydrogen (secondary N) is 1. The highest BCUT2D eigenvalue weighted by molar-refractivity contribution is 6.04. The first kappa shape index (κ1) is 16.7. The topological polar surface area (TPSA) is 69.0 Å². The van der Waals surface area contributed by atoms with Gasteiger partial charge in [-0.25, -0.2) is 4.68 Å². The quantitative estimate of drug-likeness (QED) is 0.774. The van der Waals surface area contributed by atoms with Crippen molar-refractivity contribution in [3.63, 3.8) is 0 Å². The van der Waals surface area contributed by atoms with Crippen molar-refractivity contribution < 1.29 is 9.53 Å². The maximum absolute atomic E-state index is 12.6. The molecule has 0 spiro atoms. The van der Waals surface area contributed by atoms with E-state index in [0.717, 1.165) is 11.3 Å². The van der Waals surface area contributed by atoms with E-state index >= 15 is 0 Å². The second-order valence-electron chi connectivity index (χ2n) is 5.65. The van der Waals surface area contributed by atoms with Crippen molar-refractivity contribution in [1.29, 1.82) is 0 Å². The van der Waals surface area contributed by atoms with Crippen molar-refractivity contribution >= 4 is 11.6 Å². The summed E-state index contributed by atoms with van der Waals surface area (Å²) in [5, 5.41) is 11.0. The summed E-state index contributed by atoms with van der Waals surface area (Å²) in [6.45, 7) is 6.27. The molecule has 0 unspecified atom stereocenters. The highest BCUT2D eigenvalue weighted by Crippen LogP contribution is 2.24. The molecule has 0 radical (unpaired) electrons. The van der Waals surface area contributed by atoms with Crippen molar-refractivity contribution in [2.24, 2.45) is 0 Å². The summed E-state index contributed by atoms with van der Waals surface area (Å²) in [5.74, 6) is 0.310. The van der Waals surface area contributed by atoms with Gasteiger partial charge in [-0.3, -0.25) is 4.79 Å². The van der Waals surface area contributed by atoms with E-state index in [1.54, 1.807) is 10.7 Å². The van der Waals surface area contributed by atoms with Gasteiger partial charge < -0.3 is 10.1 Å². The molecule has 128 valence electrons. The monoisotopic (exact) mass is 336 g/mol. The van der Waals surface area contributed by atoms with Crippen molar-refractivity contribution in [3.8, 4) is 11.4 Å². The lowest BCUT2D eigenvalue weighted by Gasteiger charge is -2.10. The average molecular weight is 336 g/mol. The van der Waals surface area contributed by atoms with Gasteiger partial charge in [0.05, 0.1) is 23.7 Å². The minimum absolute atomic E-state index is 0.284. The predicted octanol–water partition coefficient (Wildman–Crippen LogP) is 3.54. The fourth-order valence-electron chi connectivity index (χ4n) is 2.50. The van der Waals surface area contributed by atoms with E-state index < -0.39 is 0 Å². The number of ether oxygens (including phenoxy) is 1. The molecule has 0 fully saturated rings. The van der Waals surface area contributed by atoms with Crippen molar-refractivity contribution in [3.05, 3.63) is 65.5 Å². The van der Waals surface area contributed by atoms with Crippen molar-refractivity contribution in [2.45, 2.75) is 20.8 Å². The third-order valence-corrected chi connectivity index (χ3v) is 3.82. The number of nitrogens with zero attached hydrogens (tertiary/aromatic N) is 3. The molecule has 0 aliphatic heterocycles. The Balaban J connectivity index is 1.85. The van der Waals surface area contributed by atoms with Gasteiger partial charge in [0.25, 0.3) is 5.91 Å². The van der Waals surface area contributed by atoms with Gasteiger partial charge in [-0.15, -0.1) is 5.10 Å². The minimum Gasteiger partial charge on any atom is -0.492 e. The van der Waals surface area contributed by atoms with Crippen LogP contribution < -0.4 is 10.1 Å². The van der Waals surface area contributed by atoms with Crippen LogP contribution in [0.4, 0.5) is 5.69 Å². The molecule has 0 aliphatic rings. The fourth-order valence-corrected chi connectivity index (χ4v) is 2.50. The van der Waals surface area contributed by atoms with Gasteiger partial charge in [0, 0.05) is 0 Å². The lowest BCUT2D eigenvalue weighted by atomic mass is 10.2. The third-order valence-electron chi connectivity index (χ3n) is 3.82. The minimum atomic E-state index is -0.317. The maximum Gasteiger partial charge on any atom is 0.278 e. The summed E-state index contributed by atoms with van der Waals surface area (Å²) < 4.78 is 7.19. The van der Waals surface area contributed by atoms with Gasteiger partial charge in [0.15, 0.2) is 5.69 Å². The molecule has 0 saturated carbocycles. The zero-order chi connectivity index (χ0) is 17.8. The van der Waals surface area contributed by atoms with Crippen molar-refractivity contribution in [1.82, 2.24) is 15.0 Å². The number of hydrogen-bond acceptors (Lipinski definition) is 4. The highest BCUT2D eigenvalue weighted by atomic mass is 16.5. The molecule has 3 aromatic rings. The Morgan fingerprint density at radius 1 is 1.12 bits per heavy atom. The number of carbonyl (C=O) groups excluding carboxylic acids is 1. The number of hydrogen-bond donors (Lipinski definition) is 1. The molecule has 1 N–H and O–H groups in total. The standard InChI is InChI=1S/C19H20N4O2/c1-4-25-17-8-6-5-7-16(17)20-19(24)18-14(3)23(22-21-18)15-11-9-13(2)10-12-15/h5-12H,4H2,1-3H3,(H,20,24). The molecule has 0 atom stereocenters. The number of aryl methyl sites for hydroxylation is 1. The Morgan fingerprint density at radius 2 is 1.84 bits per heavy atom. The number of benzene rings is 2. The van der Waals surface area contributed by atoms with Gasteiger partial charge in [-0.2, -0.15) is 0 Å². The lowest BCUT2D eigenvalue weighted by molar-refractivity contribution is 0.102. The van der Waals surface area contributed by atoms with Gasteiger partial charge in [-0.1, -0.05) is 35.0 Å². The number of rotatable bonds is 5.